The number of aromatic nitrogens is 1. The number of nitrogens with zero attached hydrogens (tertiary/aromatic N) is 2. The van der Waals surface area contributed by atoms with Crippen LogP contribution < -0.4 is 5.32 Å². The summed E-state index contributed by atoms with van der Waals surface area (Å²) in [6, 6.07) is 6.07. The number of halogens is 1. The fraction of sp³-hybridized carbons (Fsp3) is 0.533. The molecule has 1 aromatic carbocycles. The molecule has 0 spiro atoms. The van der Waals surface area contributed by atoms with Crippen molar-refractivity contribution < 1.29 is 4.39 Å². The molecule has 0 aliphatic carbocycles. The first-order valence-electron chi connectivity index (χ1n) is 7.34. The smallest absolute Gasteiger partial charge is 0.184 e. The van der Waals surface area contributed by atoms with Crippen molar-refractivity contribution >= 4 is 26.7 Å². The molecule has 3 nitrogen and oxygen atoms in total. The van der Waals surface area contributed by atoms with Crippen molar-refractivity contribution in [2.75, 3.05) is 18.4 Å². The van der Waals surface area contributed by atoms with Gasteiger partial charge in [-0.25, -0.2) is 9.37 Å². The van der Waals surface area contributed by atoms with Gasteiger partial charge < -0.3 is 10.2 Å². The molecule has 106 valence electrons. The van der Waals surface area contributed by atoms with Gasteiger partial charge in [0.15, 0.2) is 5.13 Å². The van der Waals surface area contributed by atoms with Crippen LogP contribution in [0.3, 0.4) is 0 Å². The van der Waals surface area contributed by atoms with Gasteiger partial charge in [-0.15, -0.1) is 0 Å². The molecule has 2 aliphatic heterocycles. The molecule has 1 aromatic heterocycles. The summed E-state index contributed by atoms with van der Waals surface area (Å²) in [7, 11) is 0. The zero-order chi connectivity index (χ0) is 13.5. The van der Waals surface area contributed by atoms with Crippen LogP contribution in [0.5, 0.6) is 0 Å². The Labute approximate surface area is 121 Å². The van der Waals surface area contributed by atoms with E-state index in [9.17, 15) is 4.39 Å². The molecular weight excluding hydrogens is 273 g/mol. The number of nitrogens with one attached hydrogen (secondary N) is 1. The molecule has 1 N–H and O–H groups in total. The summed E-state index contributed by atoms with van der Waals surface area (Å²) in [5.41, 5.74) is 0.886. The standard InChI is InChI=1S/C15H18FN3S/c16-10-3-4-13-14(8-10)20-15(18-13)17-11-5-7-19-6-1-2-12(19)9-11/h3-4,8,11-12H,1-2,5-7,9H2,(H,17,18). The van der Waals surface area contributed by atoms with Gasteiger partial charge in [-0.3, -0.25) is 0 Å². The number of benzene rings is 1. The van der Waals surface area contributed by atoms with Gasteiger partial charge in [0.2, 0.25) is 0 Å². The van der Waals surface area contributed by atoms with Crippen LogP contribution in [0.15, 0.2) is 18.2 Å². The Kier molecular flexibility index (Phi) is 3.11. The zero-order valence-corrected chi connectivity index (χ0v) is 12.1. The van der Waals surface area contributed by atoms with E-state index in [1.54, 1.807) is 23.5 Å². The summed E-state index contributed by atoms with van der Waals surface area (Å²) in [4.78, 5) is 7.18. The molecule has 0 bridgehead atoms. The van der Waals surface area contributed by atoms with E-state index in [1.165, 1.54) is 44.8 Å². The predicted octanol–water partition coefficient (Wildman–Crippen LogP) is 3.47. The van der Waals surface area contributed by atoms with Crippen molar-refractivity contribution in [3.8, 4) is 0 Å². The van der Waals surface area contributed by atoms with Crippen LogP contribution in [0.25, 0.3) is 10.2 Å². The number of rotatable bonds is 2. The minimum atomic E-state index is -0.188. The quantitative estimate of drug-likeness (QED) is 0.918. The lowest BCUT2D eigenvalue weighted by atomic mass is 9.98. The maximum absolute atomic E-state index is 13.2. The van der Waals surface area contributed by atoms with E-state index < -0.39 is 0 Å². The van der Waals surface area contributed by atoms with Crippen molar-refractivity contribution in [2.24, 2.45) is 0 Å². The molecule has 2 atom stereocenters. The van der Waals surface area contributed by atoms with Crippen LogP contribution in [0.1, 0.15) is 25.7 Å². The number of anilines is 1. The lowest BCUT2D eigenvalue weighted by Crippen LogP contribution is -2.42. The van der Waals surface area contributed by atoms with Gasteiger partial charge in [0.1, 0.15) is 5.82 Å². The number of fused-ring (bicyclic) bond motifs is 2. The van der Waals surface area contributed by atoms with E-state index >= 15 is 0 Å². The summed E-state index contributed by atoms with van der Waals surface area (Å²) in [5.74, 6) is -0.188. The fourth-order valence-corrected chi connectivity index (χ4v) is 4.46. The van der Waals surface area contributed by atoms with Crippen molar-refractivity contribution in [3.05, 3.63) is 24.0 Å². The third kappa shape index (κ3) is 2.29. The van der Waals surface area contributed by atoms with Gasteiger partial charge in [0.25, 0.3) is 0 Å². The summed E-state index contributed by atoms with van der Waals surface area (Å²) in [5, 5.41) is 4.49. The van der Waals surface area contributed by atoms with Gasteiger partial charge in [0.05, 0.1) is 10.2 Å². The van der Waals surface area contributed by atoms with Crippen molar-refractivity contribution in [3.63, 3.8) is 0 Å². The number of hydrogen-bond acceptors (Lipinski definition) is 4. The highest BCUT2D eigenvalue weighted by atomic mass is 32.1. The minimum Gasteiger partial charge on any atom is -0.359 e. The third-order valence-electron chi connectivity index (χ3n) is 4.50. The van der Waals surface area contributed by atoms with Crippen LogP contribution in [0.2, 0.25) is 0 Å². The van der Waals surface area contributed by atoms with Crippen LogP contribution >= 0.6 is 11.3 Å². The molecule has 2 saturated heterocycles. The van der Waals surface area contributed by atoms with Gasteiger partial charge in [-0.1, -0.05) is 11.3 Å². The van der Waals surface area contributed by atoms with E-state index in [1.807, 2.05) is 0 Å². The third-order valence-corrected chi connectivity index (χ3v) is 5.45. The second kappa shape index (κ2) is 4.97. The van der Waals surface area contributed by atoms with Crippen LogP contribution in [-0.4, -0.2) is 35.1 Å². The Bertz CT molecular complexity index is 627. The topological polar surface area (TPSA) is 28.2 Å². The highest BCUT2D eigenvalue weighted by Crippen LogP contribution is 2.31. The highest BCUT2D eigenvalue weighted by Gasteiger charge is 2.31. The predicted molar refractivity (Wildman–Crippen MR) is 80.8 cm³/mol. The van der Waals surface area contributed by atoms with Crippen molar-refractivity contribution in [1.82, 2.24) is 9.88 Å². The van der Waals surface area contributed by atoms with Crippen LogP contribution in [0.4, 0.5) is 9.52 Å². The second-order valence-corrected chi connectivity index (χ2v) is 6.86. The maximum atomic E-state index is 13.2. The second-order valence-electron chi connectivity index (χ2n) is 5.83. The summed E-state index contributed by atoms with van der Waals surface area (Å²) in [6.45, 7) is 2.47. The molecule has 2 aliphatic rings. The monoisotopic (exact) mass is 291 g/mol. The summed E-state index contributed by atoms with van der Waals surface area (Å²) in [6.07, 6.45) is 5.08. The lowest BCUT2D eigenvalue weighted by molar-refractivity contribution is 0.188. The number of hydrogen-bond donors (Lipinski definition) is 1. The minimum absolute atomic E-state index is 0.188. The highest BCUT2D eigenvalue weighted by molar-refractivity contribution is 7.22. The summed E-state index contributed by atoms with van der Waals surface area (Å²) >= 11 is 1.55. The lowest BCUT2D eigenvalue weighted by Gasteiger charge is -2.35. The van der Waals surface area contributed by atoms with E-state index in [2.05, 4.69) is 15.2 Å². The maximum Gasteiger partial charge on any atom is 0.184 e. The first kappa shape index (κ1) is 12.5. The Balaban J connectivity index is 1.49. The average Bonchev–Trinajstić information content (AvgIpc) is 3.03. The molecule has 0 amide bonds. The van der Waals surface area contributed by atoms with E-state index in [0.29, 0.717) is 6.04 Å². The Hall–Kier alpha value is -1.20. The number of piperidine rings is 1. The average molecular weight is 291 g/mol. The summed E-state index contributed by atoms with van der Waals surface area (Å²) < 4.78 is 14.1. The fourth-order valence-electron chi connectivity index (χ4n) is 3.49. The SMILES string of the molecule is Fc1ccc2nc(NC3CCN4CCCC4C3)sc2c1. The molecule has 4 rings (SSSR count). The molecule has 2 fully saturated rings. The van der Waals surface area contributed by atoms with E-state index in [-0.39, 0.29) is 5.82 Å². The first-order valence-corrected chi connectivity index (χ1v) is 8.16. The van der Waals surface area contributed by atoms with Gasteiger partial charge in [0, 0.05) is 18.6 Å². The molecule has 0 radical (unpaired) electrons. The normalized spacial score (nSPS) is 26.9. The molecular formula is C15H18FN3S. The Morgan fingerprint density at radius 1 is 1.30 bits per heavy atom. The van der Waals surface area contributed by atoms with E-state index in [4.69, 9.17) is 0 Å². The number of thiazole rings is 1. The molecule has 20 heavy (non-hydrogen) atoms. The zero-order valence-electron chi connectivity index (χ0n) is 11.3. The Morgan fingerprint density at radius 3 is 3.20 bits per heavy atom. The Morgan fingerprint density at radius 2 is 2.25 bits per heavy atom. The van der Waals surface area contributed by atoms with Crippen LogP contribution in [0, 0.1) is 5.82 Å². The van der Waals surface area contributed by atoms with Crippen molar-refractivity contribution in [1.29, 1.82) is 0 Å². The first-order chi connectivity index (χ1) is 9.78. The molecule has 2 unspecified atom stereocenters. The molecule has 2 aromatic rings. The van der Waals surface area contributed by atoms with E-state index in [0.717, 1.165) is 21.4 Å². The van der Waals surface area contributed by atoms with Crippen LogP contribution in [-0.2, 0) is 0 Å². The molecule has 3 heterocycles. The van der Waals surface area contributed by atoms with Gasteiger partial charge in [-0.2, -0.15) is 0 Å². The molecule has 5 heteroatoms. The largest absolute Gasteiger partial charge is 0.359 e. The van der Waals surface area contributed by atoms with Gasteiger partial charge >= 0.3 is 0 Å². The van der Waals surface area contributed by atoms with Gasteiger partial charge in [-0.05, 0) is 50.4 Å². The molecule has 0 saturated carbocycles. The van der Waals surface area contributed by atoms with Crippen molar-refractivity contribution in [2.45, 2.75) is 37.8 Å².